The van der Waals surface area contributed by atoms with Crippen molar-refractivity contribution in [3.05, 3.63) is 95.6 Å². The number of carbonyl (C=O) groups excluding carboxylic acids is 2. The molecule has 3 aromatic carbocycles. The molecule has 0 aromatic heterocycles. The Balaban J connectivity index is 1.66. The largest absolute Gasteiger partial charge is 0.573 e. The number of rotatable bonds is 5. The first-order valence-electron chi connectivity index (χ1n) is 13.0. The zero-order chi connectivity index (χ0) is 27.8. The number of ether oxygens (including phenoxy) is 2. The molecule has 1 atom stereocenters. The standard InChI is InChI=1S/C30H31F3N2O4/c1-2-34-18-8-9-19-35(28(36)23-14-16-25(17-15-23)39-30(31,32)33)24(20-22-10-4-3-5-11-22)21-38-27-13-7-6-12-26(27)29(34)37/h3-7,10-17,24H,2,8-9,18-21H2,1H3/t24-/m1/s1. The van der Waals surface area contributed by atoms with E-state index in [9.17, 15) is 22.8 Å². The minimum atomic E-state index is -4.81. The van der Waals surface area contributed by atoms with Crippen LogP contribution in [0.1, 0.15) is 46.0 Å². The number of benzene rings is 3. The molecule has 39 heavy (non-hydrogen) atoms. The molecule has 0 saturated heterocycles. The van der Waals surface area contributed by atoms with Gasteiger partial charge in [0.15, 0.2) is 0 Å². The number of para-hydroxylation sites is 1. The van der Waals surface area contributed by atoms with Gasteiger partial charge < -0.3 is 19.3 Å². The molecule has 0 bridgehead atoms. The third-order valence-electron chi connectivity index (χ3n) is 6.65. The first-order chi connectivity index (χ1) is 18.7. The van der Waals surface area contributed by atoms with Crippen LogP contribution in [0, 0.1) is 0 Å². The van der Waals surface area contributed by atoms with E-state index in [4.69, 9.17) is 4.74 Å². The van der Waals surface area contributed by atoms with Crippen LogP contribution in [0.5, 0.6) is 11.5 Å². The normalized spacial score (nSPS) is 16.9. The zero-order valence-corrected chi connectivity index (χ0v) is 21.7. The van der Waals surface area contributed by atoms with E-state index in [0.717, 1.165) is 17.7 Å². The van der Waals surface area contributed by atoms with E-state index in [2.05, 4.69) is 4.74 Å². The van der Waals surface area contributed by atoms with Crippen molar-refractivity contribution in [3.8, 4) is 11.5 Å². The summed E-state index contributed by atoms with van der Waals surface area (Å²) in [6, 6.07) is 21.3. The summed E-state index contributed by atoms with van der Waals surface area (Å²) in [5, 5.41) is 0. The van der Waals surface area contributed by atoms with Crippen molar-refractivity contribution >= 4 is 11.8 Å². The first kappa shape index (κ1) is 28.0. The van der Waals surface area contributed by atoms with Crippen LogP contribution in [-0.2, 0) is 6.42 Å². The van der Waals surface area contributed by atoms with Gasteiger partial charge in [-0.3, -0.25) is 9.59 Å². The van der Waals surface area contributed by atoms with Gasteiger partial charge in [0.1, 0.15) is 18.1 Å². The number of hydrogen-bond acceptors (Lipinski definition) is 4. The highest BCUT2D eigenvalue weighted by Gasteiger charge is 2.32. The van der Waals surface area contributed by atoms with Gasteiger partial charge in [0.2, 0.25) is 0 Å². The summed E-state index contributed by atoms with van der Waals surface area (Å²) in [5.74, 6) is -0.354. The smallest absolute Gasteiger partial charge is 0.491 e. The number of nitrogens with zero attached hydrogens (tertiary/aromatic N) is 2. The van der Waals surface area contributed by atoms with Gasteiger partial charge in [0, 0.05) is 25.2 Å². The Morgan fingerprint density at radius 1 is 0.949 bits per heavy atom. The van der Waals surface area contributed by atoms with Crippen LogP contribution in [0.2, 0.25) is 0 Å². The summed E-state index contributed by atoms with van der Waals surface area (Å²) in [6.07, 6.45) is -3.00. The molecule has 4 rings (SSSR count). The van der Waals surface area contributed by atoms with Crippen LogP contribution in [-0.4, -0.2) is 60.3 Å². The Kier molecular flexibility index (Phi) is 9.11. The molecule has 1 heterocycles. The highest BCUT2D eigenvalue weighted by atomic mass is 19.4. The molecule has 1 aliphatic rings. The third kappa shape index (κ3) is 7.52. The minimum Gasteiger partial charge on any atom is -0.491 e. The van der Waals surface area contributed by atoms with Gasteiger partial charge >= 0.3 is 6.36 Å². The van der Waals surface area contributed by atoms with Crippen molar-refractivity contribution in [2.45, 2.75) is 38.6 Å². The monoisotopic (exact) mass is 540 g/mol. The van der Waals surface area contributed by atoms with Gasteiger partial charge in [-0.25, -0.2) is 0 Å². The van der Waals surface area contributed by atoms with Crippen LogP contribution >= 0.6 is 0 Å². The highest BCUT2D eigenvalue weighted by molar-refractivity contribution is 5.97. The number of alkyl halides is 3. The molecule has 0 saturated carbocycles. The Morgan fingerprint density at radius 2 is 1.62 bits per heavy atom. The summed E-state index contributed by atoms with van der Waals surface area (Å²) in [5.41, 5.74) is 1.73. The Bertz CT molecular complexity index is 1250. The van der Waals surface area contributed by atoms with Gasteiger partial charge in [-0.15, -0.1) is 13.2 Å². The van der Waals surface area contributed by atoms with Gasteiger partial charge in [0.05, 0.1) is 11.6 Å². The SMILES string of the molecule is CCN1CCCCN(C(=O)c2ccc(OC(F)(F)F)cc2)[C@H](Cc2ccccc2)COc2ccccc2C1=O. The van der Waals surface area contributed by atoms with Crippen molar-refractivity contribution < 1.29 is 32.2 Å². The van der Waals surface area contributed by atoms with Gasteiger partial charge in [0.25, 0.3) is 11.8 Å². The summed E-state index contributed by atoms with van der Waals surface area (Å²) < 4.78 is 48.0. The molecule has 0 unspecified atom stereocenters. The number of halogens is 3. The fourth-order valence-electron chi connectivity index (χ4n) is 4.67. The fourth-order valence-corrected chi connectivity index (χ4v) is 4.67. The van der Waals surface area contributed by atoms with Gasteiger partial charge in [-0.1, -0.05) is 42.5 Å². The summed E-state index contributed by atoms with van der Waals surface area (Å²) in [6.45, 7) is 3.52. The summed E-state index contributed by atoms with van der Waals surface area (Å²) in [7, 11) is 0. The second kappa shape index (κ2) is 12.7. The quantitative estimate of drug-likeness (QED) is 0.400. The van der Waals surface area contributed by atoms with Gasteiger partial charge in [-0.05, 0) is 68.1 Å². The molecule has 0 spiro atoms. The van der Waals surface area contributed by atoms with Crippen molar-refractivity contribution in [2.75, 3.05) is 26.2 Å². The van der Waals surface area contributed by atoms with Crippen LogP contribution in [0.4, 0.5) is 13.2 Å². The maximum atomic E-state index is 13.8. The van der Waals surface area contributed by atoms with E-state index < -0.39 is 18.2 Å². The number of amides is 2. The molecule has 0 aliphatic carbocycles. The van der Waals surface area contributed by atoms with E-state index in [1.54, 1.807) is 34.1 Å². The molecule has 0 radical (unpaired) electrons. The topological polar surface area (TPSA) is 59.1 Å². The second-order valence-electron chi connectivity index (χ2n) is 9.31. The van der Waals surface area contributed by atoms with E-state index >= 15 is 0 Å². The molecular weight excluding hydrogens is 509 g/mol. The lowest BCUT2D eigenvalue weighted by Gasteiger charge is -2.33. The van der Waals surface area contributed by atoms with Crippen LogP contribution in [0.25, 0.3) is 0 Å². The zero-order valence-electron chi connectivity index (χ0n) is 21.7. The van der Waals surface area contributed by atoms with Crippen molar-refractivity contribution in [1.82, 2.24) is 9.80 Å². The fraction of sp³-hybridized carbons (Fsp3) is 0.333. The van der Waals surface area contributed by atoms with Crippen molar-refractivity contribution in [2.24, 2.45) is 0 Å². The molecule has 6 nitrogen and oxygen atoms in total. The lowest BCUT2D eigenvalue weighted by molar-refractivity contribution is -0.274. The number of carbonyl (C=O) groups is 2. The van der Waals surface area contributed by atoms with E-state index in [-0.39, 0.29) is 24.0 Å². The maximum Gasteiger partial charge on any atom is 0.573 e. The van der Waals surface area contributed by atoms with Crippen LogP contribution < -0.4 is 9.47 Å². The number of hydrogen-bond donors (Lipinski definition) is 0. The lowest BCUT2D eigenvalue weighted by Crippen LogP contribution is -2.46. The second-order valence-corrected chi connectivity index (χ2v) is 9.31. The van der Waals surface area contributed by atoms with Crippen LogP contribution in [0.15, 0.2) is 78.9 Å². The molecule has 2 amide bonds. The van der Waals surface area contributed by atoms with E-state index in [1.165, 1.54) is 12.1 Å². The highest BCUT2D eigenvalue weighted by Crippen LogP contribution is 2.25. The summed E-state index contributed by atoms with van der Waals surface area (Å²) >= 11 is 0. The average molecular weight is 541 g/mol. The summed E-state index contributed by atoms with van der Waals surface area (Å²) in [4.78, 5) is 30.5. The molecule has 206 valence electrons. The first-order valence-corrected chi connectivity index (χ1v) is 13.0. The predicted octanol–water partition coefficient (Wildman–Crippen LogP) is 5.97. The molecule has 9 heteroatoms. The third-order valence-corrected chi connectivity index (χ3v) is 6.65. The Morgan fingerprint density at radius 3 is 2.31 bits per heavy atom. The average Bonchev–Trinajstić information content (AvgIpc) is 2.92. The molecular formula is C30H31F3N2O4. The minimum absolute atomic E-state index is 0.0950. The Hall–Kier alpha value is -4.01. The maximum absolute atomic E-state index is 13.8. The predicted molar refractivity (Wildman–Crippen MR) is 141 cm³/mol. The van der Waals surface area contributed by atoms with Crippen molar-refractivity contribution in [1.29, 1.82) is 0 Å². The molecule has 1 aliphatic heterocycles. The van der Waals surface area contributed by atoms with Gasteiger partial charge in [-0.2, -0.15) is 0 Å². The molecule has 3 aromatic rings. The van der Waals surface area contributed by atoms with E-state index in [1.807, 2.05) is 37.3 Å². The number of fused-ring (bicyclic) bond motifs is 1. The lowest BCUT2D eigenvalue weighted by atomic mass is 10.0. The molecule has 0 fully saturated rings. The Labute approximate surface area is 225 Å². The van der Waals surface area contributed by atoms with Crippen LogP contribution in [0.3, 0.4) is 0 Å². The molecule has 0 N–H and O–H groups in total. The van der Waals surface area contributed by atoms with E-state index in [0.29, 0.717) is 50.2 Å². The van der Waals surface area contributed by atoms with Crippen molar-refractivity contribution in [3.63, 3.8) is 0 Å².